The lowest BCUT2D eigenvalue weighted by Gasteiger charge is -2.10. The highest BCUT2D eigenvalue weighted by atomic mass is 16.5. The maximum Gasteiger partial charge on any atom is 0.270 e. The number of carbonyl (C=O) groups excluding carboxylic acids is 2. The van der Waals surface area contributed by atoms with Crippen molar-refractivity contribution < 1.29 is 18.7 Å². The first-order valence-corrected chi connectivity index (χ1v) is 9.51. The number of carbonyl (C=O) groups is 2. The standard InChI is InChI=1S/C24H19N3O4/c1-30-21-10-5-2-7-16(21)12-13-23(28)26-27-24(29)18-15-20(22-11-6-14-31-22)25-19-9-4-3-8-17(18)19/h2-15H,1H3,(H,26,28)(H,27,29)/b13-12+. The average molecular weight is 413 g/mol. The third-order valence-electron chi connectivity index (χ3n) is 4.59. The highest BCUT2D eigenvalue weighted by molar-refractivity contribution is 6.07. The van der Waals surface area contributed by atoms with E-state index in [9.17, 15) is 9.59 Å². The zero-order valence-corrected chi connectivity index (χ0v) is 16.7. The smallest absolute Gasteiger partial charge is 0.270 e. The number of fused-ring (bicyclic) bond motifs is 1. The molecule has 2 aromatic carbocycles. The van der Waals surface area contributed by atoms with Crippen LogP contribution in [0.4, 0.5) is 0 Å². The maximum absolute atomic E-state index is 12.8. The number of nitrogens with one attached hydrogen (secondary N) is 2. The number of furan rings is 1. The van der Waals surface area contributed by atoms with Crippen molar-refractivity contribution in [1.29, 1.82) is 0 Å². The number of rotatable bonds is 5. The Morgan fingerprint density at radius 2 is 1.81 bits per heavy atom. The predicted molar refractivity (Wildman–Crippen MR) is 117 cm³/mol. The molecule has 0 bridgehead atoms. The molecule has 0 atom stereocenters. The normalized spacial score (nSPS) is 10.9. The Bertz CT molecular complexity index is 1260. The molecule has 7 heteroatoms. The minimum absolute atomic E-state index is 0.367. The molecule has 2 heterocycles. The molecule has 2 aromatic heterocycles. The van der Waals surface area contributed by atoms with Crippen molar-refractivity contribution in [2.45, 2.75) is 0 Å². The van der Waals surface area contributed by atoms with Crippen molar-refractivity contribution in [3.63, 3.8) is 0 Å². The van der Waals surface area contributed by atoms with Gasteiger partial charge in [-0.15, -0.1) is 0 Å². The summed E-state index contributed by atoms with van der Waals surface area (Å²) in [6.07, 6.45) is 4.47. The summed E-state index contributed by atoms with van der Waals surface area (Å²) in [7, 11) is 1.56. The van der Waals surface area contributed by atoms with Gasteiger partial charge in [0.15, 0.2) is 5.76 Å². The van der Waals surface area contributed by atoms with E-state index >= 15 is 0 Å². The highest BCUT2D eigenvalue weighted by Crippen LogP contribution is 2.25. The van der Waals surface area contributed by atoms with Crippen molar-refractivity contribution >= 4 is 28.8 Å². The number of nitrogens with zero attached hydrogens (tertiary/aromatic N) is 1. The Morgan fingerprint density at radius 1 is 1.00 bits per heavy atom. The Kier molecular flexibility index (Phi) is 5.75. The van der Waals surface area contributed by atoms with E-state index in [4.69, 9.17) is 9.15 Å². The Hall–Kier alpha value is -4.39. The third kappa shape index (κ3) is 4.45. The van der Waals surface area contributed by atoms with Gasteiger partial charge >= 0.3 is 0 Å². The van der Waals surface area contributed by atoms with Gasteiger partial charge in [0, 0.05) is 17.0 Å². The quantitative estimate of drug-likeness (QED) is 0.381. The van der Waals surface area contributed by atoms with Crippen LogP contribution >= 0.6 is 0 Å². The molecule has 0 aliphatic rings. The molecule has 0 saturated heterocycles. The van der Waals surface area contributed by atoms with Crippen molar-refractivity contribution in [2.75, 3.05) is 7.11 Å². The van der Waals surface area contributed by atoms with E-state index in [0.29, 0.717) is 33.7 Å². The number of benzene rings is 2. The molecular weight excluding hydrogens is 394 g/mol. The first-order chi connectivity index (χ1) is 15.2. The number of hydrazine groups is 1. The number of methoxy groups -OCH3 is 1. The molecule has 2 N–H and O–H groups in total. The SMILES string of the molecule is COc1ccccc1/C=C/C(=O)NNC(=O)c1cc(-c2ccco2)nc2ccccc12. The van der Waals surface area contributed by atoms with Gasteiger partial charge in [0.25, 0.3) is 11.8 Å². The van der Waals surface area contributed by atoms with Crippen molar-refractivity contribution in [3.05, 3.63) is 90.2 Å². The molecule has 4 aromatic rings. The van der Waals surface area contributed by atoms with E-state index in [1.165, 1.54) is 6.08 Å². The van der Waals surface area contributed by atoms with Crippen LogP contribution in [0.25, 0.3) is 28.4 Å². The summed E-state index contributed by atoms with van der Waals surface area (Å²) in [5.74, 6) is 0.238. The molecule has 0 radical (unpaired) electrons. The van der Waals surface area contributed by atoms with Crippen LogP contribution in [-0.2, 0) is 4.79 Å². The number of para-hydroxylation sites is 2. The Morgan fingerprint density at radius 3 is 2.61 bits per heavy atom. The molecule has 154 valence electrons. The summed E-state index contributed by atoms with van der Waals surface area (Å²) in [5, 5.41) is 0.661. The first kappa shape index (κ1) is 19.9. The van der Waals surface area contributed by atoms with Gasteiger partial charge in [-0.1, -0.05) is 36.4 Å². The molecule has 0 spiro atoms. The highest BCUT2D eigenvalue weighted by Gasteiger charge is 2.15. The molecule has 0 aliphatic carbocycles. The van der Waals surface area contributed by atoms with Gasteiger partial charge in [0.1, 0.15) is 11.4 Å². The molecule has 0 saturated carbocycles. The fraction of sp³-hybridized carbons (Fsp3) is 0.0417. The number of aromatic nitrogens is 1. The molecule has 0 fully saturated rings. The largest absolute Gasteiger partial charge is 0.496 e. The Labute approximate surface area is 178 Å². The lowest BCUT2D eigenvalue weighted by atomic mass is 10.1. The topological polar surface area (TPSA) is 93.5 Å². The summed E-state index contributed by atoms with van der Waals surface area (Å²) in [6, 6.07) is 19.7. The number of pyridine rings is 1. The third-order valence-corrected chi connectivity index (χ3v) is 4.59. The summed E-state index contributed by atoms with van der Waals surface area (Å²) in [4.78, 5) is 29.6. The van der Waals surface area contributed by atoms with Crippen LogP contribution in [0, 0.1) is 0 Å². The van der Waals surface area contributed by atoms with Crippen LogP contribution < -0.4 is 15.6 Å². The summed E-state index contributed by atoms with van der Waals surface area (Å²) >= 11 is 0. The summed E-state index contributed by atoms with van der Waals surface area (Å²) in [5.41, 5.74) is 7.13. The number of hydrogen-bond donors (Lipinski definition) is 2. The lowest BCUT2D eigenvalue weighted by molar-refractivity contribution is -0.117. The monoisotopic (exact) mass is 413 g/mol. The number of ether oxygens (including phenoxy) is 1. The molecule has 31 heavy (non-hydrogen) atoms. The van der Waals surface area contributed by atoms with Crippen LogP contribution in [0.2, 0.25) is 0 Å². The summed E-state index contributed by atoms with van der Waals surface area (Å²) < 4.78 is 10.7. The van der Waals surface area contributed by atoms with Crippen molar-refractivity contribution in [3.8, 4) is 17.2 Å². The van der Waals surface area contributed by atoms with Gasteiger partial charge < -0.3 is 9.15 Å². The second-order valence-electron chi connectivity index (χ2n) is 6.57. The van der Waals surface area contributed by atoms with Gasteiger partial charge in [-0.25, -0.2) is 4.98 Å². The maximum atomic E-state index is 12.8. The minimum atomic E-state index is -0.483. The van der Waals surface area contributed by atoms with Crippen molar-refractivity contribution in [1.82, 2.24) is 15.8 Å². The fourth-order valence-corrected chi connectivity index (χ4v) is 3.11. The molecule has 7 nitrogen and oxygen atoms in total. The van der Waals surface area contributed by atoms with Crippen LogP contribution in [0.1, 0.15) is 15.9 Å². The van der Waals surface area contributed by atoms with E-state index in [1.807, 2.05) is 36.4 Å². The van der Waals surface area contributed by atoms with Crippen molar-refractivity contribution in [2.24, 2.45) is 0 Å². The fourth-order valence-electron chi connectivity index (χ4n) is 3.11. The Balaban J connectivity index is 1.52. The number of hydrogen-bond acceptors (Lipinski definition) is 5. The second kappa shape index (κ2) is 8.96. The molecule has 0 unspecified atom stereocenters. The second-order valence-corrected chi connectivity index (χ2v) is 6.57. The zero-order chi connectivity index (χ0) is 21.6. The zero-order valence-electron chi connectivity index (χ0n) is 16.7. The van der Waals surface area contributed by atoms with Gasteiger partial charge in [-0.3, -0.25) is 20.4 Å². The van der Waals surface area contributed by atoms with Gasteiger partial charge in [0.2, 0.25) is 0 Å². The van der Waals surface area contributed by atoms with Crippen LogP contribution in [0.5, 0.6) is 5.75 Å². The summed E-state index contributed by atoms with van der Waals surface area (Å²) in [6.45, 7) is 0. The minimum Gasteiger partial charge on any atom is -0.496 e. The van der Waals surface area contributed by atoms with Crippen LogP contribution in [-0.4, -0.2) is 23.9 Å². The number of amides is 2. The molecule has 2 amide bonds. The van der Waals surface area contributed by atoms with Gasteiger partial charge in [0.05, 0.1) is 24.5 Å². The van der Waals surface area contributed by atoms with E-state index in [0.717, 1.165) is 5.56 Å². The van der Waals surface area contributed by atoms with E-state index < -0.39 is 11.8 Å². The molecule has 0 aliphatic heterocycles. The van der Waals surface area contributed by atoms with E-state index in [1.54, 1.807) is 49.8 Å². The van der Waals surface area contributed by atoms with Crippen LogP contribution in [0.3, 0.4) is 0 Å². The average Bonchev–Trinajstić information content (AvgIpc) is 3.35. The lowest BCUT2D eigenvalue weighted by Crippen LogP contribution is -2.40. The van der Waals surface area contributed by atoms with Gasteiger partial charge in [-0.2, -0.15) is 0 Å². The predicted octanol–water partition coefficient (Wildman–Crippen LogP) is 3.98. The first-order valence-electron chi connectivity index (χ1n) is 9.51. The molecular formula is C24H19N3O4. The van der Waals surface area contributed by atoms with E-state index in [-0.39, 0.29) is 0 Å². The van der Waals surface area contributed by atoms with Crippen LogP contribution in [0.15, 0.2) is 83.5 Å². The molecule has 4 rings (SSSR count). The van der Waals surface area contributed by atoms with E-state index in [2.05, 4.69) is 15.8 Å². The van der Waals surface area contributed by atoms with Gasteiger partial charge in [-0.05, 0) is 36.4 Å².